The van der Waals surface area contributed by atoms with Crippen LogP contribution in [0, 0.1) is 11.7 Å². The highest BCUT2D eigenvalue weighted by Crippen LogP contribution is 2.22. The largest absolute Gasteiger partial charge is 0.351 e. The van der Waals surface area contributed by atoms with Crippen LogP contribution in [-0.4, -0.2) is 57.4 Å². The molecule has 0 spiro atoms. The van der Waals surface area contributed by atoms with Gasteiger partial charge in [-0.3, -0.25) is 4.79 Å². The van der Waals surface area contributed by atoms with Gasteiger partial charge in [-0.05, 0) is 37.8 Å². The first-order valence-electron chi connectivity index (χ1n) is 10.3. The van der Waals surface area contributed by atoms with E-state index < -0.39 is 15.8 Å². The van der Waals surface area contributed by atoms with Crippen molar-refractivity contribution in [3.8, 4) is 0 Å². The Morgan fingerprint density at radius 3 is 2.50 bits per heavy atom. The van der Waals surface area contributed by atoms with Gasteiger partial charge in [-0.25, -0.2) is 12.8 Å². The molecule has 6 nitrogen and oxygen atoms in total. The lowest BCUT2D eigenvalue weighted by atomic mass is 9.89. The minimum Gasteiger partial charge on any atom is -0.351 e. The topological polar surface area (TPSA) is 70.9 Å². The molecule has 1 atom stereocenters. The molecule has 1 amide bonds. The van der Waals surface area contributed by atoms with Crippen LogP contribution in [0.1, 0.15) is 39.0 Å². The Hall–Kier alpha value is -1.51. The quantitative estimate of drug-likeness (QED) is 0.726. The summed E-state index contributed by atoms with van der Waals surface area (Å²) < 4.78 is 40.6. The van der Waals surface area contributed by atoms with E-state index in [0.717, 1.165) is 17.5 Å². The molecule has 1 aliphatic heterocycles. The highest BCUT2D eigenvalue weighted by Gasteiger charge is 2.35. The van der Waals surface area contributed by atoms with Crippen LogP contribution < -0.4 is 10.2 Å². The summed E-state index contributed by atoms with van der Waals surface area (Å²) in [5.74, 6) is -0.110. The van der Waals surface area contributed by atoms with Gasteiger partial charge in [0.1, 0.15) is 10.7 Å². The van der Waals surface area contributed by atoms with Crippen molar-refractivity contribution < 1.29 is 22.5 Å². The number of sulfonamides is 1. The zero-order valence-electron chi connectivity index (χ0n) is 16.5. The Bertz CT molecular complexity index is 773. The second-order valence-electron chi connectivity index (χ2n) is 7.96. The summed E-state index contributed by atoms with van der Waals surface area (Å²) in [4.78, 5) is 13.3. The molecular weight excluding hydrogens is 381 g/mol. The fourth-order valence-electron chi connectivity index (χ4n) is 4.21. The molecule has 1 saturated heterocycles. The summed E-state index contributed by atoms with van der Waals surface area (Å²) >= 11 is 0. The Kier molecular flexibility index (Phi) is 7.06. The number of hydrogen-bond donors (Lipinski definition) is 2. The predicted octanol–water partition coefficient (Wildman–Crippen LogP) is 0.800. The van der Waals surface area contributed by atoms with E-state index in [1.54, 1.807) is 0 Å². The molecule has 8 heteroatoms. The second kappa shape index (κ2) is 9.33. The molecule has 1 saturated carbocycles. The van der Waals surface area contributed by atoms with E-state index in [2.05, 4.69) is 5.32 Å². The number of quaternary nitrogens is 1. The predicted molar refractivity (Wildman–Crippen MR) is 105 cm³/mol. The molecule has 28 heavy (non-hydrogen) atoms. The van der Waals surface area contributed by atoms with Crippen molar-refractivity contribution in [1.29, 1.82) is 0 Å². The third-order valence-electron chi connectivity index (χ3n) is 6.11. The van der Waals surface area contributed by atoms with Crippen LogP contribution >= 0.6 is 0 Å². The average molecular weight is 413 g/mol. The van der Waals surface area contributed by atoms with Gasteiger partial charge in [0, 0.05) is 6.54 Å². The molecule has 3 rings (SSSR count). The number of rotatable bonds is 6. The van der Waals surface area contributed by atoms with E-state index in [-0.39, 0.29) is 29.9 Å². The number of carbonyl (C=O) groups excluding carboxylic acids is 1. The first kappa shape index (κ1) is 21.2. The Morgan fingerprint density at radius 1 is 1.21 bits per heavy atom. The van der Waals surface area contributed by atoms with Crippen molar-refractivity contribution >= 4 is 15.9 Å². The average Bonchev–Trinajstić information content (AvgIpc) is 2.72. The third kappa shape index (κ3) is 4.90. The van der Waals surface area contributed by atoms with Crippen LogP contribution in [0.25, 0.3) is 0 Å². The molecule has 1 heterocycles. The SMILES string of the molecule is C[C@H](C(=O)NCC1CCCCC1)[NH+]1CCN(S(=O)(=O)c2ccccc2F)CC1. The van der Waals surface area contributed by atoms with Crippen molar-refractivity contribution in [2.45, 2.75) is 50.0 Å². The summed E-state index contributed by atoms with van der Waals surface area (Å²) in [7, 11) is -3.84. The molecule has 2 aliphatic rings. The summed E-state index contributed by atoms with van der Waals surface area (Å²) in [6, 6.07) is 5.24. The van der Waals surface area contributed by atoms with E-state index in [1.165, 1.54) is 54.6 Å². The molecular formula is C20H31FN3O3S+. The number of nitrogens with one attached hydrogen (secondary N) is 2. The maximum Gasteiger partial charge on any atom is 0.278 e. The number of piperazine rings is 1. The number of nitrogens with zero attached hydrogens (tertiary/aromatic N) is 1. The Labute approximate surface area is 167 Å². The molecule has 156 valence electrons. The highest BCUT2D eigenvalue weighted by atomic mass is 32.2. The van der Waals surface area contributed by atoms with E-state index in [0.29, 0.717) is 19.0 Å². The summed E-state index contributed by atoms with van der Waals surface area (Å²) in [6.07, 6.45) is 6.17. The Morgan fingerprint density at radius 2 is 1.86 bits per heavy atom. The zero-order chi connectivity index (χ0) is 20.1. The van der Waals surface area contributed by atoms with E-state index >= 15 is 0 Å². The van der Waals surface area contributed by atoms with Gasteiger partial charge < -0.3 is 10.2 Å². The van der Waals surface area contributed by atoms with Gasteiger partial charge in [0.2, 0.25) is 10.0 Å². The van der Waals surface area contributed by atoms with Crippen molar-refractivity contribution in [3.05, 3.63) is 30.1 Å². The second-order valence-corrected chi connectivity index (χ2v) is 9.87. The van der Waals surface area contributed by atoms with E-state index in [9.17, 15) is 17.6 Å². The molecule has 0 aromatic heterocycles. The fraction of sp³-hybridized carbons (Fsp3) is 0.650. The fourth-order valence-corrected chi connectivity index (χ4v) is 5.72. The highest BCUT2D eigenvalue weighted by molar-refractivity contribution is 7.89. The van der Waals surface area contributed by atoms with Crippen molar-refractivity contribution in [1.82, 2.24) is 9.62 Å². The smallest absolute Gasteiger partial charge is 0.278 e. The lowest BCUT2D eigenvalue weighted by molar-refractivity contribution is -0.917. The third-order valence-corrected chi connectivity index (χ3v) is 8.05. The first-order valence-corrected chi connectivity index (χ1v) is 11.7. The first-order chi connectivity index (χ1) is 13.4. The zero-order valence-corrected chi connectivity index (χ0v) is 17.3. The van der Waals surface area contributed by atoms with Crippen molar-refractivity contribution in [2.75, 3.05) is 32.7 Å². The molecule has 0 radical (unpaired) electrons. The molecule has 1 aromatic carbocycles. The number of amides is 1. The van der Waals surface area contributed by atoms with Gasteiger partial charge in [0.05, 0.1) is 26.2 Å². The van der Waals surface area contributed by atoms with E-state index in [1.807, 2.05) is 6.92 Å². The maximum absolute atomic E-state index is 13.9. The molecule has 2 fully saturated rings. The monoisotopic (exact) mass is 412 g/mol. The summed E-state index contributed by atoms with van der Waals surface area (Å²) in [5.41, 5.74) is 0. The van der Waals surface area contributed by atoms with Crippen LogP contribution in [0.15, 0.2) is 29.2 Å². The number of hydrogen-bond acceptors (Lipinski definition) is 3. The normalized spacial score (nSPS) is 21.4. The summed E-state index contributed by atoms with van der Waals surface area (Å²) in [5, 5.41) is 3.08. The molecule has 0 unspecified atom stereocenters. The van der Waals surface area contributed by atoms with Gasteiger partial charge in [-0.1, -0.05) is 31.4 Å². The minimum absolute atomic E-state index is 0.0333. The van der Waals surface area contributed by atoms with Crippen LogP contribution in [0.2, 0.25) is 0 Å². The minimum atomic E-state index is -3.84. The molecule has 2 N–H and O–H groups in total. The summed E-state index contributed by atoms with van der Waals surface area (Å²) in [6.45, 7) is 4.27. The number of benzene rings is 1. The Balaban J connectivity index is 1.51. The van der Waals surface area contributed by atoms with Crippen molar-refractivity contribution in [3.63, 3.8) is 0 Å². The number of halogens is 1. The standard InChI is InChI=1S/C20H30FN3O3S/c1-16(20(25)22-15-17-7-3-2-4-8-17)23-11-13-24(14-12-23)28(26,27)19-10-6-5-9-18(19)21/h5-6,9-10,16-17H,2-4,7-8,11-15H2,1H3,(H,22,25)/p+1/t16-/m1/s1. The van der Waals surface area contributed by atoms with Gasteiger partial charge in [-0.15, -0.1) is 0 Å². The van der Waals surface area contributed by atoms with Gasteiger partial charge in [0.15, 0.2) is 6.04 Å². The van der Waals surface area contributed by atoms with Crippen LogP contribution in [0.3, 0.4) is 0 Å². The lowest BCUT2D eigenvalue weighted by Gasteiger charge is -2.34. The van der Waals surface area contributed by atoms with Gasteiger partial charge >= 0.3 is 0 Å². The lowest BCUT2D eigenvalue weighted by Crippen LogP contribution is -3.19. The molecule has 1 aliphatic carbocycles. The van der Waals surface area contributed by atoms with Crippen LogP contribution in [0.4, 0.5) is 4.39 Å². The molecule has 1 aromatic rings. The van der Waals surface area contributed by atoms with Gasteiger partial charge in [0.25, 0.3) is 5.91 Å². The maximum atomic E-state index is 13.9. The van der Waals surface area contributed by atoms with Crippen molar-refractivity contribution in [2.24, 2.45) is 5.92 Å². The van der Waals surface area contributed by atoms with Gasteiger partial charge in [-0.2, -0.15) is 4.31 Å². The number of carbonyl (C=O) groups is 1. The van der Waals surface area contributed by atoms with Crippen LogP contribution in [0.5, 0.6) is 0 Å². The van der Waals surface area contributed by atoms with E-state index in [4.69, 9.17) is 0 Å². The molecule has 0 bridgehead atoms. The van der Waals surface area contributed by atoms with Crippen LogP contribution in [-0.2, 0) is 14.8 Å².